The molecule has 2 saturated carbocycles. The lowest BCUT2D eigenvalue weighted by molar-refractivity contribution is -0.0332. The molecule has 3 rings (SSSR count). The molecule has 1 aliphatic heterocycles. The van der Waals surface area contributed by atoms with Crippen LogP contribution in [0.5, 0.6) is 0 Å². The van der Waals surface area contributed by atoms with E-state index in [1.54, 1.807) is 0 Å². The van der Waals surface area contributed by atoms with E-state index in [4.69, 9.17) is 0 Å². The average molecular weight is 237 g/mol. The SMILES string of the molecule is OC1(CN2CCC[C@H]3CCCC[C@H]32)CCCC1. The maximum atomic E-state index is 10.6. The summed E-state index contributed by atoms with van der Waals surface area (Å²) in [4.78, 5) is 2.65. The van der Waals surface area contributed by atoms with Crippen molar-refractivity contribution in [2.75, 3.05) is 13.1 Å². The van der Waals surface area contributed by atoms with Gasteiger partial charge in [0, 0.05) is 12.6 Å². The summed E-state index contributed by atoms with van der Waals surface area (Å²) in [7, 11) is 0. The number of hydrogen-bond donors (Lipinski definition) is 1. The molecule has 0 aromatic rings. The first-order valence-electron chi connectivity index (χ1n) is 7.73. The summed E-state index contributed by atoms with van der Waals surface area (Å²) < 4.78 is 0. The molecule has 98 valence electrons. The number of piperidine rings is 1. The monoisotopic (exact) mass is 237 g/mol. The number of aliphatic hydroxyl groups is 1. The van der Waals surface area contributed by atoms with Crippen LogP contribution in [0, 0.1) is 5.92 Å². The molecule has 2 nitrogen and oxygen atoms in total. The molecule has 0 bridgehead atoms. The number of nitrogens with zero attached hydrogens (tertiary/aromatic N) is 1. The van der Waals surface area contributed by atoms with Gasteiger partial charge < -0.3 is 5.11 Å². The second-order valence-electron chi connectivity index (χ2n) is 6.66. The van der Waals surface area contributed by atoms with Crippen molar-refractivity contribution < 1.29 is 5.11 Å². The molecule has 3 fully saturated rings. The van der Waals surface area contributed by atoms with Crippen LogP contribution in [0.4, 0.5) is 0 Å². The van der Waals surface area contributed by atoms with Gasteiger partial charge in [0.05, 0.1) is 5.60 Å². The van der Waals surface area contributed by atoms with Crippen molar-refractivity contribution in [1.82, 2.24) is 4.90 Å². The van der Waals surface area contributed by atoms with Crippen molar-refractivity contribution >= 4 is 0 Å². The zero-order valence-corrected chi connectivity index (χ0v) is 11.0. The minimum Gasteiger partial charge on any atom is -0.389 e. The molecule has 1 N–H and O–H groups in total. The predicted molar refractivity (Wildman–Crippen MR) is 70.0 cm³/mol. The van der Waals surface area contributed by atoms with E-state index in [1.165, 1.54) is 57.9 Å². The van der Waals surface area contributed by atoms with Crippen LogP contribution in [0.25, 0.3) is 0 Å². The Morgan fingerprint density at radius 2 is 1.65 bits per heavy atom. The first-order chi connectivity index (χ1) is 8.27. The van der Waals surface area contributed by atoms with Crippen LogP contribution in [-0.4, -0.2) is 34.7 Å². The van der Waals surface area contributed by atoms with Crippen LogP contribution in [0.2, 0.25) is 0 Å². The molecule has 2 aliphatic carbocycles. The molecule has 0 aromatic carbocycles. The Kier molecular flexibility index (Phi) is 3.45. The van der Waals surface area contributed by atoms with Crippen molar-refractivity contribution in [3.05, 3.63) is 0 Å². The highest BCUT2D eigenvalue weighted by Crippen LogP contribution is 2.38. The van der Waals surface area contributed by atoms with Gasteiger partial charge in [0.15, 0.2) is 0 Å². The van der Waals surface area contributed by atoms with Crippen molar-refractivity contribution in [3.63, 3.8) is 0 Å². The van der Waals surface area contributed by atoms with Crippen LogP contribution in [-0.2, 0) is 0 Å². The van der Waals surface area contributed by atoms with Gasteiger partial charge >= 0.3 is 0 Å². The largest absolute Gasteiger partial charge is 0.389 e. The van der Waals surface area contributed by atoms with Gasteiger partial charge in [0.2, 0.25) is 0 Å². The Bertz CT molecular complexity index is 258. The molecule has 2 heteroatoms. The van der Waals surface area contributed by atoms with Crippen molar-refractivity contribution in [3.8, 4) is 0 Å². The Hall–Kier alpha value is -0.0800. The smallest absolute Gasteiger partial charge is 0.0774 e. The Morgan fingerprint density at radius 1 is 0.941 bits per heavy atom. The molecule has 0 amide bonds. The van der Waals surface area contributed by atoms with E-state index in [0.29, 0.717) is 0 Å². The van der Waals surface area contributed by atoms with Gasteiger partial charge in [-0.3, -0.25) is 4.90 Å². The predicted octanol–water partition coefficient (Wildman–Crippen LogP) is 2.95. The molecule has 17 heavy (non-hydrogen) atoms. The first kappa shape index (κ1) is 12.0. The topological polar surface area (TPSA) is 23.5 Å². The quantitative estimate of drug-likeness (QED) is 0.798. The Balaban J connectivity index is 1.64. The normalized spacial score (nSPS) is 37.9. The van der Waals surface area contributed by atoms with Gasteiger partial charge in [0.25, 0.3) is 0 Å². The number of β-amino-alcohol motifs (C(OH)–C–C–N with tert-alkyl or cyclic N) is 1. The van der Waals surface area contributed by atoms with Crippen LogP contribution in [0.3, 0.4) is 0 Å². The van der Waals surface area contributed by atoms with Gasteiger partial charge in [-0.1, -0.05) is 25.7 Å². The molecule has 0 unspecified atom stereocenters. The number of rotatable bonds is 2. The third-order valence-corrected chi connectivity index (χ3v) is 5.39. The summed E-state index contributed by atoms with van der Waals surface area (Å²) in [5, 5.41) is 10.6. The number of likely N-dealkylation sites (tertiary alicyclic amines) is 1. The third-order valence-electron chi connectivity index (χ3n) is 5.39. The molecule has 3 aliphatic rings. The van der Waals surface area contributed by atoms with Gasteiger partial charge in [-0.2, -0.15) is 0 Å². The standard InChI is InChI=1S/C15H27NO/c17-15(9-3-4-10-15)12-16-11-5-7-13-6-1-2-8-14(13)16/h13-14,17H,1-12H2/t13-,14-/m1/s1. The summed E-state index contributed by atoms with van der Waals surface area (Å²) in [5.41, 5.74) is -0.334. The third kappa shape index (κ3) is 2.53. The van der Waals surface area contributed by atoms with E-state index in [1.807, 2.05) is 0 Å². The molecule has 2 atom stereocenters. The average Bonchev–Trinajstić information content (AvgIpc) is 2.76. The van der Waals surface area contributed by atoms with E-state index in [0.717, 1.165) is 31.3 Å². The molecule has 0 aromatic heterocycles. The highest BCUT2D eigenvalue weighted by atomic mass is 16.3. The maximum Gasteiger partial charge on any atom is 0.0774 e. The lowest BCUT2D eigenvalue weighted by Gasteiger charge is -2.46. The van der Waals surface area contributed by atoms with Crippen molar-refractivity contribution in [1.29, 1.82) is 0 Å². The Labute approximate surface area is 105 Å². The second-order valence-corrected chi connectivity index (χ2v) is 6.66. The van der Waals surface area contributed by atoms with Gasteiger partial charge in [-0.05, 0) is 51.0 Å². The van der Waals surface area contributed by atoms with E-state index >= 15 is 0 Å². The van der Waals surface area contributed by atoms with E-state index in [-0.39, 0.29) is 5.60 Å². The maximum absolute atomic E-state index is 10.6. The van der Waals surface area contributed by atoms with Gasteiger partial charge in [-0.25, -0.2) is 0 Å². The molecular formula is C15H27NO. The lowest BCUT2D eigenvalue weighted by Crippen LogP contribution is -2.52. The van der Waals surface area contributed by atoms with Crippen molar-refractivity contribution in [2.45, 2.75) is 75.9 Å². The summed E-state index contributed by atoms with van der Waals surface area (Å²) in [6.07, 6.45) is 13.0. The van der Waals surface area contributed by atoms with Crippen LogP contribution in [0.15, 0.2) is 0 Å². The second kappa shape index (κ2) is 4.89. The van der Waals surface area contributed by atoms with Crippen molar-refractivity contribution in [2.24, 2.45) is 5.92 Å². The van der Waals surface area contributed by atoms with E-state index in [9.17, 15) is 5.11 Å². The summed E-state index contributed by atoms with van der Waals surface area (Å²) in [6.45, 7) is 2.21. The van der Waals surface area contributed by atoms with E-state index in [2.05, 4.69) is 4.90 Å². The summed E-state index contributed by atoms with van der Waals surface area (Å²) in [5.74, 6) is 0.947. The highest BCUT2D eigenvalue weighted by Gasteiger charge is 2.39. The molecule has 1 saturated heterocycles. The van der Waals surface area contributed by atoms with Crippen LogP contribution < -0.4 is 0 Å². The fourth-order valence-corrected chi connectivity index (χ4v) is 4.49. The molecule has 1 heterocycles. The first-order valence-corrected chi connectivity index (χ1v) is 7.73. The summed E-state index contributed by atoms with van der Waals surface area (Å²) in [6, 6.07) is 0.808. The number of hydrogen-bond acceptors (Lipinski definition) is 2. The van der Waals surface area contributed by atoms with Crippen LogP contribution in [0.1, 0.15) is 64.2 Å². The van der Waals surface area contributed by atoms with Crippen LogP contribution >= 0.6 is 0 Å². The zero-order valence-electron chi connectivity index (χ0n) is 11.0. The van der Waals surface area contributed by atoms with Gasteiger partial charge in [-0.15, -0.1) is 0 Å². The minimum absolute atomic E-state index is 0.334. The fourth-order valence-electron chi connectivity index (χ4n) is 4.49. The molecule has 0 radical (unpaired) electrons. The fraction of sp³-hybridized carbons (Fsp3) is 1.00. The molecular weight excluding hydrogens is 210 g/mol. The van der Waals surface area contributed by atoms with E-state index < -0.39 is 0 Å². The molecule has 0 spiro atoms. The van der Waals surface area contributed by atoms with Gasteiger partial charge in [0.1, 0.15) is 0 Å². The number of fused-ring (bicyclic) bond motifs is 1. The lowest BCUT2D eigenvalue weighted by atomic mass is 9.78. The zero-order chi connectivity index (χ0) is 11.7. The minimum atomic E-state index is -0.334. The Morgan fingerprint density at radius 3 is 2.47 bits per heavy atom. The highest BCUT2D eigenvalue weighted by molar-refractivity contribution is 4.93. The summed E-state index contributed by atoms with van der Waals surface area (Å²) >= 11 is 0.